The minimum atomic E-state index is 0.0971. The first kappa shape index (κ1) is 11.0. The van der Waals surface area contributed by atoms with Crippen LogP contribution in [0.1, 0.15) is 28.0 Å². The van der Waals surface area contributed by atoms with Gasteiger partial charge in [0.05, 0.1) is 17.7 Å². The Hall–Kier alpha value is -1.49. The summed E-state index contributed by atoms with van der Waals surface area (Å²) in [5.41, 5.74) is 1.59. The zero-order valence-electron chi connectivity index (χ0n) is 9.30. The molecule has 0 amide bonds. The van der Waals surface area contributed by atoms with E-state index in [1.165, 1.54) is 11.3 Å². The van der Waals surface area contributed by atoms with Crippen molar-refractivity contribution in [1.82, 2.24) is 14.8 Å². The number of aryl methyl sites for hydroxylation is 2. The van der Waals surface area contributed by atoms with Crippen molar-refractivity contribution in [2.24, 2.45) is 7.05 Å². The van der Waals surface area contributed by atoms with Crippen molar-refractivity contribution >= 4 is 17.1 Å². The molecular formula is C11H13N3OS. The van der Waals surface area contributed by atoms with Crippen molar-refractivity contribution in [3.8, 4) is 0 Å². The Balaban J connectivity index is 2.20. The molecule has 0 aliphatic carbocycles. The number of ketones is 1. The van der Waals surface area contributed by atoms with Crippen LogP contribution in [0.25, 0.3) is 0 Å². The van der Waals surface area contributed by atoms with Crippen molar-refractivity contribution in [3.63, 3.8) is 0 Å². The molecule has 0 bridgehead atoms. The zero-order valence-corrected chi connectivity index (χ0v) is 10.1. The van der Waals surface area contributed by atoms with Crippen LogP contribution in [-0.4, -0.2) is 20.5 Å². The van der Waals surface area contributed by atoms with Crippen LogP contribution < -0.4 is 0 Å². The van der Waals surface area contributed by atoms with Gasteiger partial charge in [0.2, 0.25) is 0 Å². The SMILES string of the molecule is CCc1nn(C)cc1C(=O)Cc1nccs1. The van der Waals surface area contributed by atoms with Gasteiger partial charge in [0, 0.05) is 24.8 Å². The molecular weight excluding hydrogens is 222 g/mol. The molecule has 5 heteroatoms. The Morgan fingerprint density at radius 3 is 3.00 bits per heavy atom. The van der Waals surface area contributed by atoms with Gasteiger partial charge >= 0.3 is 0 Å². The number of hydrogen-bond acceptors (Lipinski definition) is 4. The summed E-state index contributed by atoms with van der Waals surface area (Å²) in [6.07, 6.45) is 4.65. The van der Waals surface area contributed by atoms with Gasteiger partial charge in [-0.3, -0.25) is 9.48 Å². The molecule has 0 aliphatic heterocycles. The van der Waals surface area contributed by atoms with Crippen LogP contribution in [0.2, 0.25) is 0 Å². The Bertz CT molecular complexity index is 487. The van der Waals surface area contributed by atoms with E-state index in [0.717, 1.165) is 22.7 Å². The molecule has 0 unspecified atom stereocenters. The third-order valence-electron chi connectivity index (χ3n) is 2.34. The summed E-state index contributed by atoms with van der Waals surface area (Å²) in [5.74, 6) is 0.0971. The Morgan fingerprint density at radius 2 is 2.38 bits per heavy atom. The number of aromatic nitrogens is 3. The highest BCUT2D eigenvalue weighted by Gasteiger charge is 2.15. The van der Waals surface area contributed by atoms with Crippen molar-refractivity contribution < 1.29 is 4.79 Å². The van der Waals surface area contributed by atoms with Gasteiger partial charge in [-0.1, -0.05) is 6.92 Å². The van der Waals surface area contributed by atoms with Crippen molar-refractivity contribution in [1.29, 1.82) is 0 Å². The predicted molar refractivity (Wildman–Crippen MR) is 62.7 cm³/mol. The average Bonchev–Trinajstić information content (AvgIpc) is 2.86. The molecule has 2 aromatic rings. The molecule has 0 saturated heterocycles. The highest BCUT2D eigenvalue weighted by Crippen LogP contribution is 2.13. The second-order valence-electron chi connectivity index (χ2n) is 3.54. The second-order valence-corrected chi connectivity index (χ2v) is 4.52. The van der Waals surface area contributed by atoms with E-state index >= 15 is 0 Å². The number of carbonyl (C=O) groups is 1. The number of hydrogen-bond donors (Lipinski definition) is 0. The van der Waals surface area contributed by atoms with Gasteiger partial charge < -0.3 is 0 Å². The van der Waals surface area contributed by atoms with E-state index in [2.05, 4.69) is 10.1 Å². The fourth-order valence-corrected chi connectivity index (χ4v) is 2.22. The number of carbonyl (C=O) groups excluding carboxylic acids is 1. The lowest BCUT2D eigenvalue weighted by molar-refractivity contribution is 0.0992. The summed E-state index contributed by atoms with van der Waals surface area (Å²) in [6, 6.07) is 0. The van der Waals surface area contributed by atoms with Gasteiger partial charge in [0.25, 0.3) is 0 Å². The van der Waals surface area contributed by atoms with Gasteiger partial charge in [-0.15, -0.1) is 11.3 Å². The molecule has 0 atom stereocenters. The molecule has 2 rings (SSSR count). The van der Waals surface area contributed by atoms with Gasteiger partial charge in [-0.2, -0.15) is 5.10 Å². The van der Waals surface area contributed by atoms with Gasteiger partial charge in [-0.05, 0) is 6.42 Å². The van der Waals surface area contributed by atoms with Gasteiger partial charge in [0.15, 0.2) is 5.78 Å². The lowest BCUT2D eigenvalue weighted by Crippen LogP contribution is -2.04. The third-order valence-corrected chi connectivity index (χ3v) is 3.12. The Kier molecular flexibility index (Phi) is 3.14. The van der Waals surface area contributed by atoms with Crippen LogP contribution in [-0.2, 0) is 19.9 Å². The lowest BCUT2D eigenvalue weighted by Gasteiger charge is -1.96. The van der Waals surface area contributed by atoms with E-state index in [4.69, 9.17) is 0 Å². The first-order valence-electron chi connectivity index (χ1n) is 5.14. The van der Waals surface area contributed by atoms with Crippen LogP contribution >= 0.6 is 11.3 Å². The molecule has 0 aromatic carbocycles. The topological polar surface area (TPSA) is 47.8 Å². The van der Waals surface area contributed by atoms with E-state index in [-0.39, 0.29) is 5.78 Å². The van der Waals surface area contributed by atoms with Crippen LogP contribution in [0.4, 0.5) is 0 Å². The normalized spacial score (nSPS) is 10.6. The number of rotatable bonds is 4. The molecule has 0 aliphatic rings. The number of thiazole rings is 1. The van der Waals surface area contributed by atoms with Crippen LogP contribution in [0.5, 0.6) is 0 Å². The summed E-state index contributed by atoms with van der Waals surface area (Å²) >= 11 is 1.51. The third kappa shape index (κ3) is 2.19. The monoisotopic (exact) mass is 235 g/mol. The number of Topliss-reactive ketones (excluding diaryl/α,β-unsaturated/α-hetero) is 1. The quantitative estimate of drug-likeness (QED) is 0.760. The van der Waals surface area contributed by atoms with E-state index in [1.54, 1.807) is 17.1 Å². The molecule has 0 radical (unpaired) electrons. The Labute approximate surface area is 97.9 Å². The summed E-state index contributed by atoms with van der Waals surface area (Å²) < 4.78 is 1.69. The van der Waals surface area contributed by atoms with Gasteiger partial charge in [0.1, 0.15) is 5.01 Å². The largest absolute Gasteiger partial charge is 0.294 e. The number of nitrogens with zero attached hydrogens (tertiary/aromatic N) is 3. The Morgan fingerprint density at radius 1 is 1.56 bits per heavy atom. The molecule has 0 fully saturated rings. The molecule has 0 N–H and O–H groups in total. The van der Waals surface area contributed by atoms with Crippen molar-refractivity contribution in [2.75, 3.05) is 0 Å². The first-order chi connectivity index (χ1) is 7.70. The average molecular weight is 235 g/mol. The molecule has 0 spiro atoms. The van der Waals surface area contributed by atoms with Crippen molar-refractivity contribution in [3.05, 3.63) is 34.0 Å². The molecule has 2 heterocycles. The second kappa shape index (κ2) is 4.57. The van der Waals surface area contributed by atoms with E-state index in [1.807, 2.05) is 19.4 Å². The maximum atomic E-state index is 12.0. The van der Waals surface area contributed by atoms with Crippen LogP contribution in [0.15, 0.2) is 17.8 Å². The smallest absolute Gasteiger partial charge is 0.173 e. The fourth-order valence-electron chi connectivity index (χ4n) is 1.60. The van der Waals surface area contributed by atoms with E-state index < -0.39 is 0 Å². The highest BCUT2D eigenvalue weighted by atomic mass is 32.1. The maximum absolute atomic E-state index is 12.0. The lowest BCUT2D eigenvalue weighted by atomic mass is 10.1. The van der Waals surface area contributed by atoms with Crippen molar-refractivity contribution in [2.45, 2.75) is 19.8 Å². The summed E-state index contributed by atoms with van der Waals surface area (Å²) in [7, 11) is 1.83. The van der Waals surface area contributed by atoms with Crippen LogP contribution in [0, 0.1) is 0 Å². The summed E-state index contributed by atoms with van der Waals surface area (Å²) in [5, 5.41) is 7.00. The highest BCUT2D eigenvalue weighted by molar-refractivity contribution is 7.09. The first-order valence-corrected chi connectivity index (χ1v) is 6.02. The molecule has 84 valence electrons. The van der Waals surface area contributed by atoms with E-state index in [0.29, 0.717) is 6.42 Å². The zero-order chi connectivity index (χ0) is 11.5. The standard InChI is InChI=1S/C11H13N3OS/c1-3-9-8(7-14(2)13-9)10(15)6-11-12-4-5-16-11/h4-5,7H,3,6H2,1-2H3. The maximum Gasteiger partial charge on any atom is 0.173 e. The predicted octanol–water partition coefficient (Wildman–Crippen LogP) is 1.86. The minimum absolute atomic E-state index is 0.0971. The fraction of sp³-hybridized carbons (Fsp3) is 0.364. The summed E-state index contributed by atoms with van der Waals surface area (Å²) in [6.45, 7) is 2.00. The summed E-state index contributed by atoms with van der Waals surface area (Å²) in [4.78, 5) is 16.1. The molecule has 0 saturated carbocycles. The molecule has 16 heavy (non-hydrogen) atoms. The van der Waals surface area contributed by atoms with Crippen LogP contribution in [0.3, 0.4) is 0 Å². The van der Waals surface area contributed by atoms with E-state index in [9.17, 15) is 4.79 Å². The minimum Gasteiger partial charge on any atom is -0.294 e. The molecule has 2 aromatic heterocycles. The van der Waals surface area contributed by atoms with Gasteiger partial charge in [-0.25, -0.2) is 4.98 Å². The molecule has 4 nitrogen and oxygen atoms in total.